The van der Waals surface area contributed by atoms with Gasteiger partial charge in [-0.1, -0.05) is 6.07 Å². The molecule has 2 rings (SSSR count). The molecule has 0 spiro atoms. The first kappa shape index (κ1) is 24.6. The van der Waals surface area contributed by atoms with Gasteiger partial charge in [-0.05, 0) is 39.0 Å². The summed E-state index contributed by atoms with van der Waals surface area (Å²) in [5.74, 6) is -2.10. The van der Waals surface area contributed by atoms with Gasteiger partial charge in [0.25, 0.3) is 0 Å². The van der Waals surface area contributed by atoms with Crippen molar-refractivity contribution < 1.29 is 41.2 Å². The lowest BCUT2D eigenvalue weighted by Crippen LogP contribution is -2.17. The van der Waals surface area contributed by atoms with E-state index >= 15 is 0 Å². The summed E-state index contributed by atoms with van der Waals surface area (Å²) in [6.07, 6.45) is -4.04. The molecule has 0 fully saturated rings. The number of ether oxygens (including phenoxy) is 2. The van der Waals surface area contributed by atoms with Crippen molar-refractivity contribution in [3.8, 4) is 17.4 Å². The molecule has 1 atom stereocenters. The number of nitro benzene ring substituents is 1. The Balaban J connectivity index is 2.34. The van der Waals surface area contributed by atoms with Crippen LogP contribution in [0.25, 0.3) is 0 Å². The fourth-order valence-corrected chi connectivity index (χ4v) is 3.89. The number of hydrogen-bond donors (Lipinski definition) is 0. The topological polar surface area (TPSA) is 110 Å². The number of para-hydroxylation sites is 1. The number of aromatic nitrogens is 1. The van der Waals surface area contributed by atoms with Gasteiger partial charge < -0.3 is 18.5 Å². The molecule has 1 aromatic heterocycles. The van der Waals surface area contributed by atoms with Crippen molar-refractivity contribution in [1.82, 2.24) is 4.98 Å². The van der Waals surface area contributed by atoms with Crippen LogP contribution in [0.5, 0.6) is 17.4 Å². The molecular weight excluding hydrogens is 444 g/mol. The summed E-state index contributed by atoms with van der Waals surface area (Å²) in [6.45, 7) is 4.71. The largest absolute Gasteiger partial charge is 0.471 e. The summed E-state index contributed by atoms with van der Waals surface area (Å²) in [6, 6.07) is 5.50. The number of hydrogen-bond acceptors (Lipinski definition) is 8. The summed E-state index contributed by atoms with van der Waals surface area (Å²) in [7, 11) is -3.73. The minimum Gasteiger partial charge on any atom is -0.471 e. The molecule has 2 aromatic rings. The van der Waals surface area contributed by atoms with E-state index in [1.165, 1.54) is 25.1 Å². The standard InChI is InChI=1S/C18H20F3N2O7P/c1-4-27-31(26,28-5-2)12(3)29-14-7-6-8-15(17(14)23(24)25)30-16-10-9-13(11-22-16)18(19,20)21/h6-12H,4-5H2,1-3H3. The molecule has 0 radical (unpaired) electrons. The monoisotopic (exact) mass is 464 g/mol. The summed E-state index contributed by atoms with van der Waals surface area (Å²) in [4.78, 5) is 14.4. The average Bonchev–Trinajstić information content (AvgIpc) is 2.68. The second kappa shape index (κ2) is 10.1. The van der Waals surface area contributed by atoms with Crippen molar-refractivity contribution in [2.24, 2.45) is 0 Å². The van der Waals surface area contributed by atoms with Gasteiger partial charge in [-0.3, -0.25) is 14.7 Å². The first-order chi connectivity index (χ1) is 14.5. The molecule has 0 amide bonds. The lowest BCUT2D eigenvalue weighted by molar-refractivity contribution is -0.386. The molecule has 1 aromatic carbocycles. The zero-order valence-electron chi connectivity index (χ0n) is 16.8. The maximum atomic E-state index is 12.8. The molecule has 9 nitrogen and oxygen atoms in total. The summed E-state index contributed by atoms with van der Waals surface area (Å²) in [5, 5.41) is 11.6. The second-order valence-corrected chi connectivity index (χ2v) is 8.26. The van der Waals surface area contributed by atoms with Crippen molar-refractivity contribution in [2.45, 2.75) is 32.8 Å². The van der Waals surface area contributed by atoms with Crippen molar-refractivity contribution in [2.75, 3.05) is 13.2 Å². The summed E-state index contributed by atoms with van der Waals surface area (Å²) in [5.41, 5.74) is -1.63. The molecular formula is C18H20F3N2O7P. The Morgan fingerprint density at radius 3 is 2.23 bits per heavy atom. The maximum absolute atomic E-state index is 12.8. The van der Waals surface area contributed by atoms with Gasteiger partial charge in [0.2, 0.25) is 17.4 Å². The van der Waals surface area contributed by atoms with E-state index in [4.69, 9.17) is 18.5 Å². The minimum absolute atomic E-state index is 0.0653. The highest BCUT2D eigenvalue weighted by Crippen LogP contribution is 2.54. The predicted octanol–water partition coefficient (Wildman–Crippen LogP) is 5.79. The fourth-order valence-electron chi connectivity index (χ4n) is 2.44. The van der Waals surface area contributed by atoms with E-state index in [1.54, 1.807) is 13.8 Å². The van der Waals surface area contributed by atoms with E-state index in [2.05, 4.69) is 4.98 Å². The van der Waals surface area contributed by atoms with E-state index in [0.29, 0.717) is 6.20 Å². The lowest BCUT2D eigenvalue weighted by Gasteiger charge is -2.24. The fraction of sp³-hybridized carbons (Fsp3) is 0.389. The quantitative estimate of drug-likeness (QED) is 0.247. The van der Waals surface area contributed by atoms with Crippen LogP contribution in [0.2, 0.25) is 0 Å². The zero-order valence-corrected chi connectivity index (χ0v) is 17.7. The number of nitrogens with zero attached hydrogens (tertiary/aromatic N) is 2. The molecule has 0 saturated carbocycles. The Morgan fingerprint density at radius 1 is 1.13 bits per heavy atom. The van der Waals surface area contributed by atoms with Gasteiger partial charge in [0, 0.05) is 12.3 Å². The van der Waals surface area contributed by atoms with Crippen molar-refractivity contribution >= 4 is 13.3 Å². The van der Waals surface area contributed by atoms with Crippen LogP contribution < -0.4 is 9.47 Å². The predicted molar refractivity (Wildman–Crippen MR) is 103 cm³/mol. The minimum atomic E-state index is -4.59. The van der Waals surface area contributed by atoms with E-state index in [-0.39, 0.29) is 30.6 Å². The van der Waals surface area contributed by atoms with E-state index in [0.717, 1.165) is 12.1 Å². The zero-order chi connectivity index (χ0) is 23.2. The molecule has 0 bridgehead atoms. The Hall–Kier alpha value is -2.69. The summed E-state index contributed by atoms with van der Waals surface area (Å²) >= 11 is 0. The van der Waals surface area contributed by atoms with Gasteiger partial charge in [-0.15, -0.1) is 0 Å². The van der Waals surface area contributed by atoms with Crippen molar-refractivity contribution in [3.05, 3.63) is 52.2 Å². The molecule has 0 aliphatic carbocycles. The Kier molecular flexibility index (Phi) is 7.99. The third kappa shape index (κ3) is 6.16. The molecule has 1 unspecified atom stereocenters. The average molecular weight is 464 g/mol. The highest BCUT2D eigenvalue weighted by Gasteiger charge is 2.36. The third-order valence-corrected chi connectivity index (χ3v) is 6.02. The summed E-state index contributed by atoms with van der Waals surface area (Å²) < 4.78 is 72.0. The maximum Gasteiger partial charge on any atom is 0.417 e. The highest BCUT2D eigenvalue weighted by molar-refractivity contribution is 7.54. The van der Waals surface area contributed by atoms with Crippen LogP contribution in [-0.2, 0) is 19.8 Å². The van der Waals surface area contributed by atoms with Gasteiger partial charge >= 0.3 is 19.5 Å². The normalized spacial score (nSPS) is 13.0. The van der Waals surface area contributed by atoms with Crippen LogP contribution in [0.3, 0.4) is 0 Å². The molecule has 0 N–H and O–H groups in total. The van der Waals surface area contributed by atoms with Crippen molar-refractivity contribution in [1.29, 1.82) is 0 Å². The van der Waals surface area contributed by atoms with Gasteiger partial charge in [0.05, 0.1) is 23.7 Å². The Morgan fingerprint density at radius 2 is 1.74 bits per heavy atom. The van der Waals surface area contributed by atoms with Gasteiger partial charge in [-0.2, -0.15) is 13.2 Å². The Bertz CT molecular complexity index is 944. The number of pyridine rings is 1. The number of nitro groups is 1. The van der Waals surface area contributed by atoms with Crippen LogP contribution in [0.4, 0.5) is 18.9 Å². The van der Waals surface area contributed by atoms with E-state index < -0.39 is 35.8 Å². The van der Waals surface area contributed by atoms with Crippen LogP contribution in [0, 0.1) is 10.1 Å². The first-order valence-corrected chi connectivity index (χ1v) is 10.7. The highest BCUT2D eigenvalue weighted by atomic mass is 31.2. The molecule has 0 aliphatic heterocycles. The first-order valence-electron chi connectivity index (χ1n) is 9.05. The number of benzene rings is 1. The van der Waals surface area contributed by atoms with Crippen LogP contribution in [-0.4, -0.2) is 29.0 Å². The SMILES string of the molecule is CCOP(=O)(OCC)C(C)Oc1cccc(Oc2ccc(C(F)(F)F)cn2)c1[N+](=O)[O-]. The number of alkyl halides is 3. The molecule has 1 heterocycles. The molecule has 170 valence electrons. The molecule has 13 heteroatoms. The van der Waals surface area contributed by atoms with Crippen LogP contribution in [0.15, 0.2) is 36.5 Å². The molecule has 0 aliphatic rings. The van der Waals surface area contributed by atoms with Crippen LogP contribution >= 0.6 is 7.60 Å². The van der Waals surface area contributed by atoms with Gasteiger partial charge in [0.1, 0.15) is 0 Å². The lowest BCUT2D eigenvalue weighted by atomic mass is 10.2. The second-order valence-electron chi connectivity index (χ2n) is 5.94. The number of rotatable bonds is 10. The third-order valence-electron chi connectivity index (χ3n) is 3.78. The molecule has 31 heavy (non-hydrogen) atoms. The van der Waals surface area contributed by atoms with Gasteiger partial charge in [-0.25, -0.2) is 4.98 Å². The smallest absolute Gasteiger partial charge is 0.417 e. The molecule has 0 saturated heterocycles. The van der Waals surface area contributed by atoms with E-state index in [9.17, 15) is 27.9 Å². The van der Waals surface area contributed by atoms with Crippen molar-refractivity contribution in [3.63, 3.8) is 0 Å². The number of halogens is 3. The van der Waals surface area contributed by atoms with E-state index in [1.807, 2.05) is 0 Å². The Labute approximate surface area is 175 Å². The van der Waals surface area contributed by atoms with Gasteiger partial charge in [0.15, 0.2) is 5.85 Å². The van der Waals surface area contributed by atoms with Crippen LogP contribution in [0.1, 0.15) is 26.3 Å².